The number of rotatable bonds is 10. The molecule has 0 aliphatic heterocycles. The largest absolute Gasteiger partial charge is 0.487 e. The maximum atomic E-state index is 11.0. The molecule has 0 aliphatic rings. The first-order valence-corrected chi connectivity index (χ1v) is 10.9. The molecule has 1 heterocycles. The van der Waals surface area contributed by atoms with Crippen LogP contribution in [0.25, 0.3) is 10.9 Å². The quantitative estimate of drug-likeness (QED) is 0.273. The summed E-state index contributed by atoms with van der Waals surface area (Å²) in [6.07, 6.45) is 2.03. The van der Waals surface area contributed by atoms with Crippen molar-refractivity contribution in [2.24, 2.45) is 5.16 Å². The highest BCUT2D eigenvalue weighted by Gasteiger charge is 2.16. The predicted molar refractivity (Wildman–Crippen MR) is 129 cm³/mol. The van der Waals surface area contributed by atoms with Crippen LogP contribution in [-0.2, 0) is 22.6 Å². The highest BCUT2D eigenvalue weighted by molar-refractivity contribution is 6.11. The summed E-state index contributed by atoms with van der Waals surface area (Å²) in [7, 11) is 0. The highest BCUT2D eigenvalue weighted by atomic mass is 16.6. The van der Waals surface area contributed by atoms with E-state index in [2.05, 4.69) is 40.2 Å². The van der Waals surface area contributed by atoms with Gasteiger partial charge in [-0.05, 0) is 36.2 Å². The van der Waals surface area contributed by atoms with E-state index >= 15 is 0 Å². The SMILES string of the molecule is CCO/N=C(\COc1cccc(CC(=O)O)c1)c1cn(Cc2ccccc2)c2ccccc12. The van der Waals surface area contributed by atoms with Gasteiger partial charge in [0, 0.05) is 29.2 Å². The van der Waals surface area contributed by atoms with Crippen LogP contribution in [0.5, 0.6) is 5.75 Å². The molecule has 0 aliphatic carbocycles. The van der Waals surface area contributed by atoms with Gasteiger partial charge in [-0.25, -0.2) is 0 Å². The number of benzene rings is 3. The number of para-hydroxylation sites is 1. The first kappa shape index (κ1) is 22.1. The molecule has 0 amide bonds. The molecule has 0 radical (unpaired) electrons. The van der Waals surface area contributed by atoms with Crippen LogP contribution in [0.4, 0.5) is 0 Å². The summed E-state index contributed by atoms with van der Waals surface area (Å²) in [4.78, 5) is 16.4. The molecular weight excluding hydrogens is 416 g/mol. The molecule has 168 valence electrons. The van der Waals surface area contributed by atoms with Gasteiger partial charge in [-0.3, -0.25) is 4.79 Å². The van der Waals surface area contributed by atoms with E-state index in [1.807, 2.05) is 43.3 Å². The third-order valence-corrected chi connectivity index (χ3v) is 5.23. The zero-order valence-electron chi connectivity index (χ0n) is 18.5. The average Bonchev–Trinajstić information content (AvgIpc) is 3.18. The van der Waals surface area contributed by atoms with Gasteiger partial charge in [-0.1, -0.05) is 65.8 Å². The monoisotopic (exact) mass is 442 g/mol. The standard InChI is InChI=1S/C27H26N2O4/c1-2-33-28-25(19-32-22-12-8-11-21(15-22)16-27(30)31)24-18-29(17-20-9-4-3-5-10-20)26-14-7-6-13-23(24)26/h3-15,18H,2,16-17,19H2,1H3,(H,30,31)/b28-25+. The van der Waals surface area contributed by atoms with Gasteiger partial charge >= 0.3 is 5.97 Å². The molecule has 4 aromatic rings. The number of hydrogen-bond donors (Lipinski definition) is 1. The summed E-state index contributed by atoms with van der Waals surface area (Å²) in [6, 6.07) is 25.6. The molecule has 0 saturated carbocycles. The third-order valence-electron chi connectivity index (χ3n) is 5.23. The van der Waals surface area contributed by atoms with Crippen molar-refractivity contribution in [3.63, 3.8) is 0 Å². The van der Waals surface area contributed by atoms with Gasteiger partial charge in [-0.2, -0.15) is 0 Å². The van der Waals surface area contributed by atoms with Crippen LogP contribution in [0, 0.1) is 0 Å². The second-order valence-electron chi connectivity index (χ2n) is 7.64. The van der Waals surface area contributed by atoms with Gasteiger partial charge < -0.3 is 19.2 Å². The Morgan fingerprint density at radius 1 is 0.970 bits per heavy atom. The number of carboxylic acid groups (broad SMARTS) is 1. The van der Waals surface area contributed by atoms with E-state index in [1.54, 1.807) is 18.2 Å². The fourth-order valence-corrected chi connectivity index (χ4v) is 3.75. The fraction of sp³-hybridized carbons (Fsp3) is 0.185. The van der Waals surface area contributed by atoms with Gasteiger partial charge in [0.2, 0.25) is 0 Å². The summed E-state index contributed by atoms with van der Waals surface area (Å²) in [6.45, 7) is 3.26. The van der Waals surface area contributed by atoms with E-state index in [-0.39, 0.29) is 13.0 Å². The fourth-order valence-electron chi connectivity index (χ4n) is 3.75. The summed E-state index contributed by atoms with van der Waals surface area (Å²) in [5, 5.41) is 14.5. The molecule has 33 heavy (non-hydrogen) atoms. The van der Waals surface area contributed by atoms with Crippen LogP contribution in [-0.4, -0.2) is 34.6 Å². The second-order valence-corrected chi connectivity index (χ2v) is 7.64. The minimum atomic E-state index is -0.878. The molecule has 0 fully saturated rings. The first-order chi connectivity index (χ1) is 16.1. The molecule has 0 atom stereocenters. The van der Waals surface area contributed by atoms with E-state index in [0.29, 0.717) is 23.6 Å². The summed E-state index contributed by atoms with van der Waals surface area (Å²) in [5.41, 5.74) is 4.60. The Morgan fingerprint density at radius 3 is 2.52 bits per heavy atom. The number of carbonyl (C=O) groups is 1. The number of nitrogens with zero attached hydrogens (tertiary/aromatic N) is 2. The van der Waals surface area contributed by atoms with Gasteiger partial charge in [0.15, 0.2) is 0 Å². The van der Waals surface area contributed by atoms with Crippen LogP contribution in [0.15, 0.2) is 90.2 Å². The van der Waals surface area contributed by atoms with Crippen LogP contribution < -0.4 is 4.74 Å². The molecule has 6 nitrogen and oxygen atoms in total. The molecule has 4 rings (SSSR count). The second kappa shape index (κ2) is 10.5. The molecule has 0 spiro atoms. The van der Waals surface area contributed by atoms with Crippen LogP contribution >= 0.6 is 0 Å². The van der Waals surface area contributed by atoms with Crippen molar-refractivity contribution in [2.75, 3.05) is 13.2 Å². The Morgan fingerprint density at radius 2 is 1.73 bits per heavy atom. The number of carboxylic acids is 1. The lowest BCUT2D eigenvalue weighted by Crippen LogP contribution is -2.14. The van der Waals surface area contributed by atoms with Crippen LogP contribution in [0.1, 0.15) is 23.6 Å². The van der Waals surface area contributed by atoms with Gasteiger partial charge in [0.05, 0.1) is 6.42 Å². The molecule has 0 bridgehead atoms. The molecule has 6 heteroatoms. The van der Waals surface area contributed by atoms with E-state index in [0.717, 1.165) is 23.0 Å². The Labute approximate surface area is 192 Å². The molecule has 1 N–H and O–H groups in total. The van der Waals surface area contributed by atoms with Crippen molar-refractivity contribution in [3.05, 3.63) is 102 Å². The number of hydrogen-bond acceptors (Lipinski definition) is 4. The van der Waals surface area contributed by atoms with E-state index in [1.165, 1.54) is 5.56 Å². The van der Waals surface area contributed by atoms with Gasteiger partial charge in [-0.15, -0.1) is 0 Å². The lowest BCUT2D eigenvalue weighted by Gasteiger charge is -2.10. The molecule has 0 unspecified atom stereocenters. The lowest BCUT2D eigenvalue weighted by atomic mass is 10.1. The molecular formula is C27H26N2O4. The third kappa shape index (κ3) is 5.60. The summed E-state index contributed by atoms with van der Waals surface area (Å²) in [5.74, 6) is -0.289. The smallest absolute Gasteiger partial charge is 0.307 e. The normalized spacial score (nSPS) is 11.5. The number of aliphatic carboxylic acids is 1. The first-order valence-electron chi connectivity index (χ1n) is 10.9. The zero-order chi connectivity index (χ0) is 23.0. The van der Waals surface area contributed by atoms with Crippen molar-refractivity contribution in [2.45, 2.75) is 19.9 Å². The van der Waals surface area contributed by atoms with Crippen molar-refractivity contribution in [1.82, 2.24) is 4.57 Å². The Balaban J connectivity index is 1.63. The average molecular weight is 443 g/mol. The lowest BCUT2D eigenvalue weighted by molar-refractivity contribution is -0.136. The van der Waals surface area contributed by atoms with Crippen molar-refractivity contribution in [1.29, 1.82) is 0 Å². The Bertz CT molecular complexity index is 1260. The zero-order valence-corrected chi connectivity index (χ0v) is 18.5. The maximum absolute atomic E-state index is 11.0. The Kier molecular flexibility index (Phi) is 7.05. The molecule has 0 saturated heterocycles. The minimum absolute atomic E-state index is 0.0515. The summed E-state index contributed by atoms with van der Waals surface area (Å²) >= 11 is 0. The molecule has 1 aromatic heterocycles. The number of fused-ring (bicyclic) bond motifs is 1. The number of ether oxygens (including phenoxy) is 1. The van der Waals surface area contributed by atoms with E-state index in [9.17, 15) is 4.79 Å². The van der Waals surface area contributed by atoms with Crippen molar-refractivity contribution in [3.8, 4) is 5.75 Å². The molecule has 3 aromatic carbocycles. The van der Waals surface area contributed by atoms with Crippen molar-refractivity contribution < 1.29 is 19.5 Å². The minimum Gasteiger partial charge on any atom is -0.487 e. The van der Waals surface area contributed by atoms with Crippen molar-refractivity contribution >= 4 is 22.6 Å². The predicted octanol–water partition coefficient (Wildman–Crippen LogP) is 5.14. The van der Waals surface area contributed by atoms with E-state index < -0.39 is 5.97 Å². The maximum Gasteiger partial charge on any atom is 0.307 e. The Hall–Kier alpha value is -4.06. The van der Waals surface area contributed by atoms with E-state index in [4.69, 9.17) is 14.7 Å². The highest BCUT2D eigenvalue weighted by Crippen LogP contribution is 2.24. The number of aromatic nitrogens is 1. The van der Waals surface area contributed by atoms with Crippen LogP contribution in [0.3, 0.4) is 0 Å². The van der Waals surface area contributed by atoms with Gasteiger partial charge in [0.1, 0.15) is 24.7 Å². The summed E-state index contributed by atoms with van der Waals surface area (Å²) < 4.78 is 8.21. The van der Waals surface area contributed by atoms with Gasteiger partial charge in [0.25, 0.3) is 0 Å². The topological polar surface area (TPSA) is 73.1 Å². The van der Waals surface area contributed by atoms with Crippen LogP contribution in [0.2, 0.25) is 0 Å². The number of oxime groups is 1.